The Bertz CT molecular complexity index is 524. The second kappa shape index (κ2) is 5.80. The molecule has 0 spiro atoms. The summed E-state index contributed by atoms with van der Waals surface area (Å²) in [5.41, 5.74) is 2.81. The molecular weight excluding hydrogens is 260 g/mol. The molecular formula is C18H26N2O. The average molecular weight is 286 g/mol. The van der Waals surface area contributed by atoms with Crippen molar-refractivity contribution in [1.29, 1.82) is 0 Å². The van der Waals surface area contributed by atoms with Gasteiger partial charge in [0.2, 0.25) is 5.91 Å². The summed E-state index contributed by atoms with van der Waals surface area (Å²) in [7, 11) is 0. The number of nitrogens with one attached hydrogen (secondary N) is 2. The van der Waals surface area contributed by atoms with Gasteiger partial charge >= 0.3 is 0 Å². The van der Waals surface area contributed by atoms with E-state index in [1.54, 1.807) is 0 Å². The van der Waals surface area contributed by atoms with E-state index in [2.05, 4.69) is 42.7 Å². The normalized spacial score (nSPS) is 27.7. The molecule has 114 valence electrons. The molecule has 1 fully saturated rings. The molecule has 0 aromatic heterocycles. The highest BCUT2D eigenvalue weighted by molar-refractivity contribution is 5.84. The Morgan fingerprint density at radius 3 is 2.95 bits per heavy atom. The van der Waals surface area contributed by atoms with Crippen molar-refractivity contribution < 1.29 is 4.79 Å². The summed E-state index contributed by atoms with van der Waals surface area (Å²) in [5, 5.41) is 6.66. The first kappa shape index (κ1) is 14.6. The number of fused-ring (bicyclic) bond motifs is 1. The lowest BCUT2D eigenvalue weighted by molar-refractivity contribution is -0.124. The molecule has 3 heteroatoms. The van der Waals surface area contributed by atoms with E-state index in [-0.39, 0.29) is 11.9 Å². The number of amides is 1. The summed E-state index contributed by atoms with van der Waals surface area (Å²) in [6.07, 6.45) is 5.70. The maximum absolute atomic E-state index is 12.7. The number of carbonyl (C=O) groups excluding carboxylic acids is 1. The molecule has 2 N–H and O–H groups in total. The second-order valence-electron chi connectivity index (χ2n) is 7.30. The average Bonchev–Trinajstić information content (AvgIpc) is 2.45. The van der Waals surface area contributed by atoms with Crippen LogP contribution >= 0.6 is 0 Å². The zero-order chi connectivity index (χ0) is 14.9. The van der Waals surface area contributed by atoms with E-state index in [0.717, 1.165) is 31.4 Å². The third-order valence-corrected chi connectivity index (χ3v) is 4.92. The van der Waals surface area contributed by atoms with Gasteiger partial charge in [0.1, 0.15) is 6.04 Å². The van der Waals surface area contributed by atoms with E-state index >= 15 is 0 Å². The van der Waals surface area contributed by atoms with Gasteiger partial charge in [-0.15, -0.1) is 0 Å². The maximum Gasteiger partial charge on any atom is 0.241 e. The van der Waals surface area contributed by atoms with Gasteiger partial charge in [0, 0.05) is 12.6 Å². The smallest absolute Gasteiger partial charge is 0.241 e. The molecule has 3 nitrogen and oxygen atoms in total. The zero-order valence-electron chi connectivity index (χ0n) is 13.1. The van der Waals surface area contributed by atoms with E-state index in [1.165, 1.54) is 18.4 Å². The van der Waals surface area contributed by atoms with Crippen LogP contribution in [0.15, 0.2) is 24.3 Å². The predicted octanol–water partition coefficient (Wildman–Crippen LogP) is 2.96. The highest BCUT2D eigenvalue weighted by Gasteiger charge is 2.32. The summed E-state index contributed by atoms with van der Waals surface area (Å²) in [6, 6.07) is 8.45. The van der Waals surface area contributed by atoms with Gasteiger partial charge in [0.25, 0.3) is 0 Å². The molecule has 0 radical (unpaired) electrons. The third-order valence-electron chi connectivity index (χ3n) is 4.92. The van der Waals surface area contributed by atoms with E-state index in [4.69, 9.17) is 0 Å². The lowest BCUT2D eigenvalue weighted by Crippen LogP contribution is -2.47. The molecule has 0 bridgehead atoms. The minimum atomic E-state index is -0.181. The highest BCUT2D eigenvalue weighted by atomic mass is 16.2. The van der Waals surface area contributed by atoms with Gasteiger partial charge in [-0.05, 0) is 42.2 Å². The molecule has 1 aliphatic heterocycles. The van der Waals surface area contributed by atoms with Crippen molar-refractivity contribution in [2.24, 2.45) is 5.41 Å². The summed E-state index contributed by atoms with van der Waals surface area (Å²) in [6.45, 7) is 5.49. The van der Waals surface area contributed by atoms with Gasteiger partial charge in [-0.2, -0.15) is 0 Å². The first-order valence-corrected chi connectivity index (χ1v) is 8.17. The van der Waals surface area contributed by atoms with Crippen molar-refractivity contribution in [2.45, 2.75) is 58.0 Å². The molecule has 3 rings (SSSR count). The summed E-state index contributed by atoms with van der Waals surface area (Å²) in [4.78, 5) is 12.7. The minimum Gasteiger partial charge on any atom is -0.352 e. The van der Waals surface area contributed by atoms with E-state index in [9.17, 15) is 4.79 Å². The Labute approximate surface area is 127 Å². The first-order valence-electron chi connectivity index (χ1n) is 8.17. The molecule has 2 unspecified atom stereocenters. The van der Waals surface area contributed by atoms with Crippen molar-refractivity contribution in [3.05, 3.63) is 35.4 Å². The second-order valence-corrected chi connectivity index (χ2v) is 7.30. The van der Waals surface area contributed by atoms with Gasteiger partial charge < -0.3 is 10.6 Å². The molecule has 1 aromatic carbocycles. The number of rotatable bonds is 2. The van der Waals surface area contributed by atoms with Crippen LogP contribution in [-0.4, -0.2) is 18.5 Å². The van der Waals surface area contributed by atoms with Crippen LogP contribution in [-0.2, 0) is 11.2 Å². The molecule has 1 saturated carbocycles. The van der Waals surface area contributed by atoms with Crippen LogP contribution in [0.4, 0.5) is 0 Å². The van der Waals surface area contributed by atoms with Gasteiger partial charge in [0.15, 0.2) is 0 Å². The highest BCUT2D eigenvalue weighted by Crippen LogP contribution is 2.35. The Hall–Kier alpha value is -1.35. The molecule has 1 heterocycles. The van der Waals surface area contributed by atoms with Crippen LogP contribution in [0, 0.1) is 5.41 Å². The van der Waals surface area contributed by atoms with Crippen molar-refractivity contribution in [2.75, 3.05) is 6.54 Å². The number of carbonyl (C=O) groups is 1. The molecule has 1 amide bonds. The van der Waals surface area contributed by atoms with Gasteiger partial charge in [-0.3, -0.25) is 4.79 Å². The molecule has 1 aliphatic carbocycles. The van der Waals surface area contributed by atoms with Crippen LogP contribution in [0.25, 0.3) is 0 Å². The molecule has 2 aliphatic rings. The van der Waals surface area contributed by atoms with E-state index in [0.29, 0.717) is 11.5 Å². The fraction of sp³-hybridized carbons (Fsp3) is 0.611. The Morgan fingerprint density at radius 2 is 2.14 bits per heavy atom. The summed E-state index contributed by atoms with van der Waals surface area (Å²) in [5.74, 6) is 0.143. The van der Waals surface area contributed by atoms with Crippen molar-refractivity contribution in [3.63, 3.8) is 0 Å². The fourth-order valence-corrected chi connectivity index (χ4v) is 3.84. The van der Waals surface area contributed by atoms with Crippen LogP contribution in [0.2, 0.25) is 0 Å². The Balaban J connectivity index is 1.69. The number of hydrogen-bond acceptors (Lipinski definition) is 2. The first-order chi connectivity index (χ1) is 10.1. The fourth-order valence-electron chi connectivity index (χ4n) is 3.84. The number of hydrogen-bond donors (Lipinski definition) is 2. The summed E-state index contributed by atoms with van der Waals surface area (Å²) >= 11 is 0. The quantitative estimate of drug-likeness (QED) is 0.877. The molecule has 1 aromatic rings. The molecule has 21 heavy (non-hydrogen) atoms. The third kappa shape index (κ3) is 3.29. The Kier molecular flexibility index (Phi) is 4.03. The summed E-state index contributed by atoms with van der Waals surface area (Å²) < 4.78 is 0. The van der Waals surface area contributed by atoms with Crippen molar-refractivity contribution in [3.8, 4) is 0 Å². The zero-order valence-corrected chi connectivity index (χ0v) is 13.1. The number of benzene rings is 1. The van der Waals surface area contributed by atoms with Crippen molar-refractivity contribution >= 4 is 5.91 Å². The van der Waals surface area contributed by atoms with Crippen molar-refractivity contribution in [1.82, 2.24) is 10.6 Å². The van der Waals surface area contributed by atoms with Crippen LogP contribution in [0.5, 0.6) is 0 Å². The Morgan fingerprint density at radius 1 is 1.33 bits per heavy atom. The SMILES string of the molecule is CC1(C)CCCC(NC(=O)C2NCCc3ccccc32)C1. The predicted molar refractivity (Wildman–Crippen MR) is 85.1 cm³/mol. The van der Waals surface area contributed by atoms with E-state index < -0.39 is 0 Å². The van der Waals surface area contributed by atoms with E-state index in [1.807, 2.05) is 6.07 Å². The van der Waals surface area contributed by atoms with Crippen LogP contribution in [0.3, 0.4) is 0 Å². The molecule has 0 saturated heterocycles. The lowest BCUT2D eigenvalue weighted by atomic mass is 9.75. The van der Waals surface area contributed by atoms with Gasteiger partial charge in [-0.25, -0.2) is 0 Å². The van der Waals surface area contributed by atoms with Crippen LogP contribution < -0.4 is 10.6 Å². The minimum absolute atomic E-state index is 0.143. The maximum atomic E-state index is 12.7. The topological polar surface area (TPSA) is 41.1 Å². The monoisotopic (exact) mass is 286 g/mol. The standard InChI is InChI=1S/C18H26N2O/c1-18(2)10-5-7-14(12-18)20-17(21)16-15-8-4-3-6-13(15)9-11-19-16/h3-4,6,8,14,16,19H,5,7,9-12H2,1-2H3,(H,20,21). The largest absolute Gasteiger partial charge is 0.352 e. The molecule has 2 atom stereocenters. The van der Waals surface area contributed by atoms with Gasteiger partial charge in [0.05, 0.1) is 0 Å². The lowest BCUT2D eigenvalue weighted by Gasteiger charge is -2.36. The van der Waals surface area contributed by atoms with Crippen LogP contribution in [0.1, 0.15) is 56.7 Å². The van der Waals surface area contributed by atoms with Gasteiger partial charge in [-0.1, -0.05) is 44.5 Å².